The van der Waals surface area contributed by atoms with Crippen molar-refractivity contribution in [1.82, 2.24) is 4.98 Å². The number of rotatable bonds is 4. The normalized spacial score (nSPS) is 12.6. The molecule has 0 unspecified atom stereocenters. The molecule has 0 radical (unpaired) electrons. The molecule has 5 heteroatoms. The van der Waals surface area contributed by atoms with E-state index in [0.717, 1.165) is 30.0 Å². The largest absolute Gasteiger partial charge is 0.378 e. The van der Waals surface area contributed by atoms with Crippen molar-refractivity contribution in [3.05, 3.63) is 78.0 Å². The number of nitrogens with one attached hydrogen (secondary N) is 1. The van der Waals surface area contributed by atoms with Gasteiger partial charge in [0.1, 0.15) is 5.82 Å². The Morgan fingerprint density at radius 1 is 1.07 bits per heavy atom. The average Bonchev–Trinajstić information content (AvgIpc) is 3.12. The minimum atomic E-state index is 0.00774. The van der Waals surface area contributed by atoms with E-state index in [2.05, 4.69) is 21.3 Å². The van der Waals surface area contributed by atoms with Crippen LogP contribution in [0.1, 0.15) is 15.9 Å². The van der Waals surface area contributed by atoms with E-state index in [9.17, 15) is 4.79 Å². The first kappa shape index (κ1) is 17.1. The fourth-order valence-electron chi connectivity index (χ4n) is 3.33. The molecule has 1 amide bonds. The molecule has 0 fully saturated rings. The first-order chi connectivity index (χ1) is 13.1. The van der Waals surface area contributed by atoms with Crippen LogP contribution in [0.15, 0.2) is 66.9 Å². The molecule has 1 aliphatic rings. The Balaban J connectivity index is 1.53. The summed E-state index contributed by atoms with van der Waals surface area (Å²) in [5.74, 6) is 0.666. The monoisotopic (exact) mass is 358 g/mol. The molecular formula is C22H22N4O. The number of hydrogen-bond donors (Lipinski definition) is 1. The Morgan fingerprint density at radius 3 is 2.63 bits per heavy atom. The first-order valence-electron chi connectivity index (χ1n) is 9.02. The molecule has 1 aromatic heterocycles. The van der Waals surface area contributed by atoms with E-state index in [-0.39, 0.29) is 5.91 Å². The van der Waals surface area contributed by atoms with E-state index in [4.69, 9.17) is 0 Å². The SMILES string of the molecule is CN(C)c1ccc(Nc2cc(C(=O)N3CCc4ccccc43)ccn2)cc1. The summed E-state index contributed by atoms with van der Waals surface area (Å²) in [7, 11) is 4.02. The molecule has 27 heavy (non-hydrogen) atoms. The van der Waals surface area contributed by atoms with E-state index in [1.165, 1.54) is 5.56 Å². The Labute approximate surface area is 159 Å². The fraction of sp³-hybridized carbons (Fsp3) is 0.182. The van der Waals surface area contributed by atoms with E-state index >= 15 is 0 Å². The summed E-state index contributed by atoms with van der Waals surface area (Å²) in [6, 6.07) is 19.7. The highest BCUT2D eigenvalue weighted by Crippen LogP contribution is 2.29. The Bertz CT molecular complexity index is 966. The third-order valence-corrected chi connectivity index (χ3v) is 4.80. The van der Waals surface area contributed by atoms with Gasteiger partial charge in [0, 0.05) is 49.5 Å². The van der Waals surface area contributed by atoms with Gasteiger partial charge in [0.15, 0.2) is 0 Å². The van der Waals surface area contributed by atoms with Crippen molar-refractivity contribution in [2.75, 3.05) is 35.8 Å². The average molecular weight is 358 g/mol. The maximum Gasteiger partial charge on any atom is 0.258 e. The van der Waals surface area contributed by atoms with E-state index in [1.54, 1.807) is 12.3 Å². The minimum Gasteiger partial charge on any atom is -0.378 e. The van der Waals surface area contributed by atoms with Crippen molar-refractivity contribution in [2.24, 2.45) is 0 Å². The van der Waals surface area contributed by atoms with Gasteiger partial charge in [-0.15, -0.1) is 0 Å². The molecule has 0 aliphatic carbocycles. The van der Waals surface area contributed by atoms with Crippen molar-refractivity contribution in [3.63, 3.8) is 0 Å². The second kappa shape index (κ2) is 7.11. The summed E-state index contributed by atoms with van der Waals surface area (Å²) in [4.78, 5) is 21.3. The summed E-state index contributed by atoms with van der Waals surface area (Å²) < 4.78 is 0. The topological polar surface area (TPSA) is 48.5 Å². The number of anilines is 4. The number of nitrogens with zero attached hydrogens (tertiary/aromatic N) is 3. The van der Waals surface area contributed by atoms with E-state index in [0.29, 0.717) is 11.4 Å². The van der Waals surface area contributed by atoms with Gasteiger partial charge in [0.05, 0.1) is 0 Å². The lowest BCUT2D eigenvalue weighted by Gasteiger charge is -2.18. The van der Waals surface area contributed by atoms with Crippen LogP contribution in [0.25, 0.3) is 0 Å². The van der Waals surface area contributed by atoms with Gasteiger partial charge in [-0.25, -0.2) is 4.98 Å². The quantitative estimate of drug-likeness (QED) is 0.763. The number of benzene rings is 2. The smallest absolute Gasteiger partial charge is 0.258 e. The second-order valence-electron chi connectivity index (χ2n) is 6.83. The predicted molar refractivity (Wildman–Crippen MR) is 110 cm³/mol. The van der Waals surface area contributed by atoms with Crippen LogP contribution in [-0.4, -0.2) is 31.5 Å². The summed E-state index contributed by atoms with van der Waals surface area (Å²) >= 11 is 0. The molecule has 0 spiro atoms. The highest BCUT2D eigenvalue weighted by Gasteiger charge is 2.25. The second-order valence-corrected chi connectivity index (χ2v) is 6.83. The van der Waals surface area contributed by atoms with Crippen molar-refractivity contribution in [3.8, 4) is 0 Å². The zero-order valence-corrected chi connectivity index (χ0v) is 15.5. The molecule has 0 bridgehead atoms. The van der Waals surface area contributed by atoms with Gasteiger partial charge in [-0.05, 0) is 54.4 Å². The maximum absolute atomic E-state index is 13.0. The van der Waals surface area contributed by atoms with Crippen LogP contribution in [0.4, 0.5) is 22.9 Å². The summed E-state index contributed by atoms with van der Waals surface area (Å²) in [6.45, 7) is 0.718. The van der Waals surface area contributed by atoms with Crippen LogP contribution in [0.5, 0.6) is 0 Å². The van der Waals surface area contributed by atoms with Gasteiger partial charge >= 0.3 is 0 Å². The number of amides is 1. The van der Waals surface area contributed by atoms with Crippen LogP contribution in [-0.2, 0) is 6.42 Å². The van der Waals surface area contributed by atoms with Crippen molar-refractivity contribution in [2.45, 2.75) is 6.42 Å². The summed E-state index contributed by atoms with van der Waals surface area (Å²) in [5, 5.41) is 3.27. The Morgan fingerprint density at radius 2 is 1.85 bits per heavy atom. The molecule has 4 rings (SSSR count). The van der Waals surface area contributed by atoms with Crippen molar-refractivity contribution in [1.29, 1.82) is 0 Å². The molecule has 5 nitrogen and oxygen atoms in total. The van der Waals surface area contributed by atoms with Crippen LogP contribution in [0, 0.1) is 0 Å². The number of hydrogen-bond acceptors (Lipinski definition) is 4. The Kier molecular flexibility index (Phi) is 4.50. The highest BCUT2D eigenvalue weighted by molar-refractivity contribution is 6.07. The van der Waals surface area contributed by atoms with Gasteiger partial charge in [-0.1, -0.05) is 18.2 Å². The molecule has 0 atom stereocenters. The van der Waals surface area contributed by atoms with Crippen LogP contribution in [0.3, 0.4) is 0 Å². The van der Waals surface area contributed by atoms with Gasteiger partial charge in [-0.3, -0.25) is 4.79 Å². The molecule has 2 aromatic carbocycles. The van der Waals surface area contributed by atoms with Gasteiger partial charge in [-0.2, -0.15) is 0 Å². The summed E-state index contributed by atoms with van der Waals surface area (Å²) in [6.07, 6.45) is 2.57. The first-order valence-corrected chi connectivity index (χ1v) is 9.02. The molecule has 0 saturated carbocycles. The van der Waals surface area contributed by atoms with Crippen LogP contribution >= 0.6 is 0 Å². The number of carbonyl (C=O) groups is 1. The number of pyridine rings is 1. The molecule has 3 aromatic rings. The molecular weight excluding hydrogens is 336 g/mol. The third kappa shape index (κ3) is 3.49. The standard InChI is InChI=1S/C22H22N4O/c1-25(2)19-9-7-18(8-10-19)24-21-15-17(11-13-23-21)22(27)26-14-12-16-5-3-4-6-20(16)26/h3-11,13,15H,12,14H2,1-2H3,(H,23,24). The number of carbonyl (C=O) groups excluding carboxylic acids is 1. The highest BCUT2D eigenvalue weighted by atomic mass is 16.2. The number of aromatic nitrogens is 1. The zero-order valence-electron chi connectivity index (χ0n) is 15.5. The number of fused-ring (bicyclic) bond motifs is 1. The van der Waals surface area contributed by atoms with Gasteiger partial charge < -0.3 is 15.1 Å². The van der Waals surface area contributed by atoms with Crippen molar-refractivity contribution < 1.29 is 4.79 Å². The molecule has 0 saturated heterocycles. The zero-order chi connectivity index (χ0) is 18.8. The summed E-state index contributed by atoms with van der Waals surface area (Å²) in [5.41, 5.74) is 4.93. The fourth-order valence-corrected chi connectivity index (χ4v) is 3.33. The van der Waals surface area contributed by atoms with E-state index < -0.39 is 0 Å². The van der Waals surface area contributed by atoms with Gasteiger partial charge in [0.2, 0.25) is 0 Å². The van der Waals surface area contributed by atoms with E-state index in [1.807, 2.05) is 67.5 Å². The molecule has 1 N–H and O–H groups in total. The molecule has 2 heterocycles. The molecule has 1 aliphatic heterocycles. The molecule has 136 valence electrons. The third-order valence-electron chi connectivity index (χ3n) is 4.80. The Hall–Kier alpha value is -3.34. The number of para-hydroxylation sites is 1. The maximum atomic E-state index is 13.0. The van der Waals surface area contributed by atoms with Crippen molar-refractivity contribution >= 4 is 28.8 Å². The van der Waals surface area contributed by atoms with Gasteiger partial charge in [0.25, 0.3) is 5.91 Å². The lowest BCUT2D eigenvalue weighted by Crippen LogP contribution is -2.28. The van der Waals surface area contributed by atoms with Crippen LogP contribution < -0.4 is 15.1 Å². The predicted octanol–water partition coefficient (Wildman–Crippen LogP) is 4.09. The van der Waals surface area contributed by atoms with Crippen LogP contribution in [0.2, 0.25) is 0 Å². The lowest BCUT2D eigenvalue weighted by molar-refractivity contribution is 0.0989. The lowest BCUT2D eigenvalue weighted by atomic mass is 10.1. The minimum absolute atomic E-state index is 0.00774.